The average molecular weight is 468 g/mol. The van der Waals surface area contributed by atoms with Gasteiger partial charge in [0.1, 0.15) is 10.7 Å². The van der Waals surface area contributed by atoms with Crippen molar-refractivity contribution in [1.29, 1.82) is 0 Å². The lowest BCUT2D eigenvalue weighted by Crippen LogP contribution is -2.25. The molecule has 2 aromatic carbocycles. The van der Waals surface area contributed by atoms with E-state index in [0.29, 0.717) is 31.1 Å². The van der Waals surface area contributed by atoms with E-state index in [4.69, 9.17) is 9.47 Å². The van der Waals surface area contributed by atoms with Gasteiger partial charge in [-0.3, -0.25) is 9.20 Å². The van der Waals surface area contributed by atoms with Gasteiger partial charge in [0.15, 0.2) is 16.5 Å². The number of nitrogens with one attached hydrogen (secondary N) is 1. The molecule has 2 heterocycles. The zero-order valence-corrected chi connectivity index (χ0v) is 19.7. The van der Waals surface area contributed by atoms with E-state index >= 15 is 0 Å². The quantitative estimate of drug-likeness (QED) is 0.364. The van der Waals surface area contributed by atoms with Crippen molar-refractivity contribution in [3.63, 3.8) is 0 Å². The van der Waals surface area contributed by atoms with Crippen LogP contribution in [0.15, 0.2) is 48.7 Å². The predicted octanol–water partition coefficient (Wildman–Crippen LogP) is 5.28. The molecule has 0 atom stereocenters. The SMILES string of the molecule is CCOc1ccc(CCNC(=O)c2sc3nc(-c4ccc(F)cc4)cn3c2C)cc1OCC. The van der Waals surface area contributed by atoms with Crippen LogP contribution in [0, 0.1) is 12.7 Å². The van der Waals surface area contributed by atoms with Gasteiger partial charge in [0.25, 0.3) is 5.91 Å². The van der Waals surface area contributed by atoms with E-state index < -0.39 is 0 Å². The number of ether oxygens (including phenoxy) is 2. The first kappa shape index (κ1) is 22.8. The van der Waals surface area contributed by atoms with Crippen LogP contribution in [0.4, 0.5) is 4.39 Å². The Bertz CT molecular complexity index is 1260. The van der Waals surface area contributed by atoms with Crippen LogP contribution in [0.3, 0.4) is 0 Å². The summed E-state index contributed by atoms with van der Waals surface area (Å²) in [5, 5.41) is 3.00. The highest BCUT2D eigenvalue weighted by Crippen LogP contribution is 2.29. The van der Waals surface area contributed by atoms with Crippen LogP contribution >= 0.6 is 11.3 Å². The van der Waals surface area contributed by atoms with Crippen molar-refractivity contribution in [2.45, 2.75) is 27.2 Å². The first-order valence-electron chi connectivity index (χ1n) is 10.9. The highest BCUT2D eigenvalue weighted by atomic mass is 32.1. The van der Waals surface area contributed by atoms with E-state index in [0.717, 1.165) is 39.0 Å². The number of amides is 1. The number of imidazole rings is 1. The fourth-order valence-corrected chi connectivity index (χ4v) is 4.60. The molecule has 0 aliphatic carbocycles. The van der Waals surface area contributed by atoms with Crippen molar-refractivity contribution in [2.24, 2.45) is 0 Å². The second kappa shape index (κ2) is 10.0. The number of carbonyl (C=O) groups is 1. The molecule has 0 bridgehead atoms. The largest absolute Gasteiger partial charge is 0.490 e. The standard InChI is InChI=1S/C25H26FN3O3S/c1-4-31-21-11-6-17(14-22(21)32-5-2)12-13-27-24(30)23-16(3)29-15-20(28-25(29)33-23)18-7-9-19(26)10-8-18/h6-11,14-15H,4-5,12-13H2,1-3H3,(H,27,30). The maximum absolute atomic E-state index is 13.2. The lowest BCUT2D eigenvalue weighted by Gasteiger charge is -2.12. The molecule has 8 heteroatoms. The number of fused-ring (bicyclic) bond motifs is 1. The second-order valence-corrected chi connectivity index (χ2v) is 8.43. The van der Waals surface area contributed by atoms with Gasteiger partial charge in [-0.2, -0.15) is 0 Å². The third-order valence-electron chi connectivity index (χ3n) is 5.21. The zero-order valence-electron chi connectivity index (χ0n) is 18.9. The van der Waals surface area contributed by atoms with Gasteiger partial charge in [-0.25, -0.2) is 9.37 Å². The van der Waals surface area contributed by atoms with E-state index in [2.05, 4.69) is 10.3 Å². The van der Waals surface area contributed by atoms with E-state index in [9.17, 15) is 9.18 Å². The number of thiazole rings is 1. The molecule has 0 fully saturated rings. The molecule has 0 radical (unpaired) electrons. The highest BCUT2D eigenvalue weighted by molar-refractivity contribution is 7.19. The van der Waals surface area contributed by atoms with Crippen LogP contribution in [0.25, 0.3) is 16.2 Å². The molecule has 0 aliphatic rings. The number of nitrogens with zero attached hydrogens (tertiary/aromatic N) is 2. The zero-order chi connectivity index (χ0) is 23.4. The number of rotatable bonds is 9. The van der Waals surface area contributed by atoms with E-state index in [1.54, 1.807) is 12.1 Å². The number of benzene rings is 2. The molecule has 4 rings (SSSR count). The lowest BCUT2D eigenvalue weighted by atomic mass is 10.1. The van der Waals surface area contributed by atoms with Crippen molar-refractivity contribution in [3.05, 3.63) is 70.6 Å². The number of aryl methyl sites for hydroxylation is 1. The van der Waals surface area contributed by atoms with Crippen molar-refractivity contribution in [2.75, 3.05) is 19.8 Å². The molecule has 0 saturated carbocycles. The van der Waals surface area contributed by atoms with Gasteiger partial charge in [-0.15, -0.1) is 0 Å². The minimum atomic E-state index is -0.283. The minimum absolute atomic E-state index is 0.123. The molecule has 1 amide bonds. The van der Waals surface area contributed by atoms with Crippen LogP contribution in [0.5, 0.6) is 11.5 Å². The van der Waals surface area contributed by atoms with Crippen LogP contribution < -0.4 is 14.8 Å². The van der Waals surface area contributed by atoms with Gasteiger partial charge < -0.3 is 14.8 Å². The Kier molecular flexibility index (Phi) is 6.93. The molecule has 1 N–H and O–H groups in total. The molecule has 6 nitrogen and oxygen atoms in total. The Balaban J connectivity index is 1.42. The van der Waals surface area contributed by atoms with Crippen molar-refractivity contribution < 1.29 is 18.7 Å². The third-order valence-corrected chi connectivity index (χ3v) is 6.37. The topological polar surface area (TPSA) is 64.9 Å². The van der Waals surface area contributed by atoms with E-state index in [1.807, 2.05) is 49.6 Å². The van der Waals surface area contributed by atoms with Gasteiger partial charge >= 0.3 is 0 Å². The Morgan fingerprint density at radius 3 is 2.52 bits per heavy atom. The molecule has 33 heavy (non-hydrogen) atoms. The van der Waals surface area contributed by atoms with Crippen LogP contribution in [0.1, 0.15) is 34.8 Å². The summed E-state index contributed by atoms with van der Waals surface area (Å²) in [7, 11) is 0. The van der Waals surface area contributed by atoms with Crippen molar-refractivity contribution in [1.82, 2.24) is 14.7 Å². The summed E-state index contributed by atoms with van der Waals surface area (Å²) in [4.78, 5) is 18.8. The summed E-state index contributed by atoms with van der Waals surface area (Å²) >= 11 is 1.34. The summed E-state index contributed by atoms with van der Waals surface area (Å²) in [6, 6.07) is 12.1. The maximum atomic E-state index is 13.2. The Morgan fingerprint density at radius 1 is 1.09 bits per heavy atom. The summed E-state index contributed by atoms with van der Waals surface area (Å²) in [6.45, 7) is 7.40. The molecular weight excluding hydrogens is 441 g/mol. The number of carbonyl (C=O) groups excluding carboxylic acids is 1. The Labute approximate surface area is 196 Å². The monoisotopic (exact) mass is 467 g/mol. The number of hydrogen-bond acceptors (Lipinski definition) is 5. The van der Waals surface area contributed by atoms with Gasteiger partial charge in [0.05, 0.1) is 18.9 Å². The van der Waals surface area contributed by atoms with Crippen LogP contribution in [0.2, 0.25) is 0 Å². The van der Waals surface area contributed by atoms with Gasteiger partial charge in [-0.1, -0.05) is 17.4 Å². The Hall–Kier alpha value is -3.39. The van der Waals surface area contributed by atoms with Crippen LogP contribution in [-0.2, 0) is 6.42 Å². The summed E-state index contributed by atoms with van der Waals surface area (Å²) < 4.78 is 26.4. The third kappa shape index (κ3) is 5.01. The molecule has 0 unspecified atom stereocenters. The average Bonchev–Trinajstić information content (AvgIpc) is 3.35. The van der Waals surface area contributed by atoms with Gasteiger partial charge in [0, 0.05) is 24.0 Å². The summed E-state index contributed by atoms with van der Waals surface area (Å²) in [5.41, 5.74) is 3.47. The molecule has 0 saturated heterocycles. The first-order chi connectivity index (χ1) is 16.0. The van der Waals surface area contributed by atoms with Crippen molar-refractivity contribution >= 4 is 22.2 Å². The van der Waals surface area contributed by atoms with E-state index in [1.165, 1.54) is 23.5 Å². The van der Waals surface area contributed by atoms with Crippen LogP contribution in [-0.4, -0.2) is 35.1 Å². The van der Waals surface area contributed by atoms with E-state index in [-0.39, 0.29) is 11.7 Å². The lowest BCUT2D eigenvalue weighted by molar-refractivity contribution is 0.0957. The van der Waals surface area contributed by atoms with Gasteiger partial charge in [0.2, 0.25) is 0 Å². The highest BCUT2D eigenvalue weighted by Gasteiger charge is 2.18. The smallest absolute Gasteiger partial charge is 0.263 e. The number of hydrogen-bond donors (Lipinski definition) is 1. The fourth-order valence-electron chi connectivity index (χ4n) is 3.57. The summed E-state index contributed by atoms with van der Waals surface area (Å²) in [6.07, 6.45) is 2.55. The first-order valence-corrected chi connectivity index (χ1v) is 11.7. The van der Waals surface area contributed by atoms with Crippen molar-refractivity contribution in [3.8, 4) is 22.8 Å². The molecule has 4 aromatic rings. The molecule has 2 aromatic heterocycles. The Morgan fingerprint density at radius 2 is 1.82 bits per heavy atom. The molecule has 0 aliphatic heterocycles. The fraction of sp³-hybridized carbons (Fsp3) is 0.280. The molecular formula is C25H26FN3O3S. The second-order valence-electron chi connectivity index (χ2n) is 7.46. The summed E-state index contributed by atoms with van der Waals surface area (Å²) in [5.74, 6) is 1.04. The molecule has 0 spiro atoms. The number of halogens is 1. The van der Waals surface area contributed by atoms with Gasteiger partial charge in [-0.05, 0) is 69.2 Å². The minimum Gasteiger partial charge on any atom is -0.490 e. The normalized spacial score (nSPS) is 11.0. The maximum Gasteiger partial charge on any atom is 0.263 e. The molecule has 172 valence electrons. The number of aromatic nitrogens is 2. The predicted molar refractivity (Wildman–Crippen MR) is 128 cm³/mol.